The highest BCUT2D eigenvalue weighted by Crippen LogP contribution is 2.24. The summed E-state index contributed by atoms with van der Waals surface area (Å²) < 4.78 is 17.4. The van der Waals surface area contributed by atoms with Crippen LogP contribution in [0.4, 0.5) is 4.39 Å². The topological polar surface area (TPSA) is 9.23 Å². The van der Waals surface area contributed by atoms with Crippen LogP contribution in [0.3, 0.4) is 0 Å². The van der Waals surface area contributed by atoms with Gasteiger partial charge < -0.3 is 4.74 Å². The lowest BCUT2D eigenvalue weighted by atomic mass is 10.2. The standard InChI is InChI=1S/C10H12FIO/c1-8(12)9-2-4-10(5-3-9)13-7-6-11/h2-5,8H,6-7H2,1H3/t8-/m1/s1. The van der Waals surface area contributed by atoms with Crippen LogP contribution in [0.15, 0.2) is 24.3 Å². The van der Waals surface area contributed by atoms with E-state index in [4.69, 9.17) is 4.74 Å². The molecule has 0 saturated heterocycles. The van der Waals surface area contributed by atoms with E-state index in [1.807, 2.05) is 24.3 Å². The van der Waals surface area contributed by atoms with E-state index in [9.17, 15) is 4.39 Å². The van der Waals surface area contributed by atoms with Gasteiger partial charge in [0.2, 0.25) is 0 Å². The Hall–Kier alpha value is -0.320. The van der Waals surface area contributed by atoms with Crippen LogP contribution >= 0.6 is 22.6 Å². The van der Waals surface area contributed by atoms with Gasteiger partial charge in [-0.1, -0.05) is 34.7 Å². The molecule has 0 aliphatic heterocycles. The first-order valence-corrected chi connectivity index (χ1v) is 5.41. The molecule has 0 heterocycles. The second kappa shape index (κ2) is 5.42. The summed E-state index contributed by atoms with van der Waals surface area (Å²) in [5, 5.41) is 0. The Balaban J connectivity index is 2.59. The highest BCUT2D eigenvalue weighted by molar-refractivity contribution is 14.1. The zero-order valence-electron chi connectivity index (χ0n) is 7.47. The Kier molecular flexibility index (Phi) is 4.48. The van der Waals surface area contributed by atoms with Crippen molar-refractivity contribution in [3.8, 4) is 5.75 Å². The minimum Gasteiger partial charge on any atom is -0.491 e. The second-order valence-corrected chi connectivity index (χ2v) is 4.59. The third kappa shape index (κ3) is 3.50. The van der Waals surface area contributed by atoms with Gasteiger partial charge in [0.25, 0.3) is 0 Å². The number of ether oxygens (including phenoxy) is 1. The van der Waals surface area contributed by atoms with E-state index in [2.05, 4.69) is 29.5 Å². The largest absolute Gasteiger partial charge is 0.491 e. The fourth-order valence-corrected chi connectivity index (χ4v) is 1.40. The van der Waals surface area contributed by atoms with Crippen molar-refractivity contribution in [3.05, 3.63) is 29.8 Å². The number of rotatable bonds is 4. The number of benzene rings is 1. The smallest absolute Gasteiger partial charge is 0.123 e. The molecule has 0 amide bonds. The van der Waals surface area contributed by atoms with E-state index in [0.717, 1.165) is 5.75 Å². The first-order chi connectivity index (χ1) is 6.24. The Morgan fingerprint density at radius 2 is 2.00 bits per heavy atom. The molecule has 0 N–H and O–H groups in total. The molecule has 0 bridgehead atoms. The van der Waals surface area contributed by atoms with Crippen LogP contribution in [-0.4, -0.2) is 13.3 Å². The van der Waals surface area contributed by atoms with Crippen LogP contribution in [0, 0.1) is 0 Å². The third-order valence-electron chi connectivity index (χ3n) is 1.69. The molecular formula is C10H12FIO. The van der Waals surface area contributed by atoms with Crippen molar-refractivity contribution in [2.24, 2.45) is 0 Å². The summed E-state index contributed by atoms with van der Waals surface area (Å²) in [5.41, 5.74) is 1.26. The van der Waals surface area contributed by atoms with Crippen LogP contribution in [0.2, 0.25) is 0 Å². The maximum Gasteiger partial charge on any atom is 0.123 e. The van der Waals surface area contributed by atoms with Crippen molar-refractivity contribution in [1.29, 1.82) is 0 Å². The Labute approximate surface area is 91.4 Å². The summed E-state index contributed by atoms with van der Waals surface area (Å²) in [5.74, 6) is 0.735. The van der Waals surface area contributed by atoms with Crippen molar-refractivity contribution in [1.82, 2.24) is 0 Å². The van der Waals surface area contributed by atoms with Gasteiger partial charge >= 0.3 is 0 Å². The molecule has 72 valence electrons. The van der Waals surface area contributed by atoms with E-state index < -0.39 is 6.67 Å². The van der Waals surface area contributed by atoms with Gasteiger partial charge in [0.1, 0.15) is 19.0 Å². The molecule has 0 radical (unpaired) electrons. The number of hydrogen-bond donors (Lipinski definition) is 0. The summed E-state index contributed by atoms with van der Waals surface area (Å²) in [6, 6.07) is 7.76. The van der Waals surface area contributed by atoms with Crippen LogP contribution in [-0.2, 0) is 0 Å². The maximum absolute atomic E-state index is 11.8. The van der Waals surface area contributed by atoms with Gasteiger partial charge in [0.15, 0.2) is 0 Å². The summed E-state index contributed by atoms with van der Waals surface area (Å²) in [6.07, 6.45) is 0. The lowest BCUT2D eigenvalue weighted by molar-refractivity contribution is 0.273. The van der Waals surface area contributed by atoms with Gasteiger partial charge in [-0.15, -0.1) is 0 Å². The Morgan fingerprint density at radius 3 is 2.46 bits per heavy atom. The van der Waals surface area contributed by atoms with E-state index >= 15 is 0 Å². The molecule has 0 spiro atoms. The predicted molar refractivity (Wildman–Crippen MR) is 60.3 cm³/mol. The summed E-state index contributed by atoms with van der Waals surface area (Å²) in [6.45, 7) is 1.82. The van der Waals surface area contributed by atoms with Crippen molar-refractivity contribution in [3.63, 3.8) is 0 Å². The van der Waals surface area contributed by atoms with Crippen molar-refractivity contribution < 1.29 is 9.13 Å². The average molecular weight is 294 g/mol. The first kappa shape index (κ1) is 10.8. The predicted octanol–water partition coefficient (Wildman–Crippen LogP) is 3.53. The molecule has 0 aliphatic rings. The van der Waals surface area contributed by atoms with Crippen LogP contribution in [0.25, 0.3) is 0 Å². The van der Waals surface area contributed by atoms with E-state index in [1.165, 1.54) is 5.56 Å². The maximum atomic E-state index is 11.8. The average Bonchev–Trinajstić information content (AvgIpc) is 2.15. The zero-order valence-corrected chi connectivity index (χ0v) is 9.62. The van der Waals surface area contributed by atoms with Crippen molar-refractivity contribution in [2.75, 3.05) is 13.3 Å². The molecule has 1 aromatic rings. The molecular weight excluding hydrogens is 282 g/mol. The molecule has 1 nitrogen and oxygen atoms in total. The van der Waals surface area contributed by atoms with Gasteiger partial charge in [-0.3, -0.25) is 0 Å². The molecule has 0 aromatic heterocycles. The molecule has 0 saturated carbocycles. The zero-order chi connectivity index (χ0) is 9.68. The lowest BCUT2D eigenvalue weighted by Gasteiger charge is -2.06. The number of alkyl halides is 2. The fourth-order valence-electron chi connectivity index (χ4n) is 0.986. The second-order valence-electron chi connectivity index (χ2n) is 2.72. The number of halogens is 2. The molecule has 1 atom stereocenters. The molecule has 1 rings (SSSR count). The Morgan fingerprint density at radius 1 is 1.38 bits per heavy atom. The quantitative estimate of drug-likeness (QED) is 0.610. The van der Waals surface area contributed by atoms with E-state index in [1.54, 1.807) is 0 Å². The summed E-state index contributed by atoms with van der Waals surface area (Å²) in [7, 11) is 0. The SMILES string of the molecule is C[C@@H](I)c1ccc(OCCF)cc1. The van der Waals surface area contributed by atoms with Gasteiger partial charge in [-0.25, -0.2) is 4.39 Å². The lowest BCUT2D eigenvalue weighted by Crippen LogP contribution is -1.98. The molecule has 0 aliphatic carbocycles. The van der Waals surface area contributed by atoms with Gasteiger partial charge in [0, 0.05) is 3.92 Å². The minimum absolute atomic E-state index is 0.138. The van der Waals surface area contributed by atoms with Gasteiger partial charge in [0.05, 0.1) is 0 Å². The monoisotopic (exact) mass is 294 g/mol. The normalized spacial score (nSPS) is 12.5. The molecule has 13 heavy (non-hydrogen) atoms. The van der Waals surface area contributed by atoms with Gasteiger partial charge in [-0.05, 0) is 24.6 Å². The van der Waals surface area contributed by atoms with Crippen molar-refractivity contribution in [2.45, 2.75) is 10.8 Å². The van der Waals surface area contributed by atoms with E-state index in [0.29, 0.717) is 3.92 Å². The summed E-state index contributed by atoms with van der Waals surface area (Å²) >= 11 is 2.35. The molecule has 0 fully saturated rings. The highest BCUT2D eigenvalue weighted by atomic mass is 127. The fraction of sp³-hybridized carbons (Fsp3) is 0.400. The molecule has 0 unspecified atom stereocenters. The van der Waals surface area contributed by atoms with Crippen molar-refractivity contribution >= 4 is 22.6 Å². The molecule has 3 heteroatoms. The summed E-state index contributed by atoms with van der Waals surface area (Å²) in [4.78, 5) is 0. The third-order valence-corrected chi connectivity index (χ3v) is 2.40. The number of hydrogen-bond acceptors (Lipinski definition) is 1. The Bertz CT molecular complexity index is 246. The molecule has 1 aromatic carbocycles. The first-order valence-electron chi connectivity index (χ1n) is 4.17. The highest BCUT2D eigenvalue weighted by Gasteiger charge is 1.99. The van der Waals surface area contributed by atoms with Gasteiger partial charge in [-0.2, -0.15) is 0 Å². The minimum atomic E-state index is -0.440. The van der Waals surface area contributed by atoms with Crippen LogP contribution < -0.4 is 4.74 Å². The van der Waals surface area contributed by atoms with E-state index in [-0.39, 0.29) is 6.61 Å². The van der Waals surface area contributed by atoms with Crippen LogP contribution in [0.5, 0.6) is 5.75 Å². The van der Waals surface area contributed by atoms with Crippen LogP contribution in [0.1, 0.15) is 16.4 Å².